The molecule has 0 unspecified atom stereocenters. The number of fused-ring (bicyclic) bond motifs is 5. The molecule has 2 N–H and O–H groups in total. The van der Waals surface area contributed by atoms with E-state index < -0.39 is 58.4 Å². The number of alkyl halides is 1. The van der Waals surface area contributed by atoms with E-state index in [1.807, 2.05) is 0 Å². The summed E-state index contributed by atoms with van der Waals surface area (Å²) in [6.45, 7) is 4.60. The Kier molecular flexibility index (Phi) is 5.65. The maximum absolute atomic E-state index is 17.2. The Balaban J connectivity index is 1.44. The van der Waals surface area contributed by atoms with E-state index in [0.717, 1.165) is 0 Å². The van der Waals surface area contributed by atoms with Gasteiger partial charge in [-0.15, -0.1) is 0 Å². The zero-order valence-corrected chi connectivity index (χ0v) is 20.7. The minimum absolute atomic E-state index is 0.127. The molecule has 5 rings (SSSR count). The lowest BCUT2D eigenvalue weighted by Crippen LogP contribution is -2.69. The molecule has 0 bridgehead atoms. The quantitative estimate of drug-likeness (QED) is 0.615. The molecule has 8 atom stereocenters. The molecule has 0 saturated heterocycles. The van der Waals surface area contributed by atoms with Crippen molar-refractivity contribution in [2.24, 2.45) is 28.6 Å². The highest BCUT2D eigenvalue weighted by atomic mass is 19.1. The lowest BCUT2D eigenvalue weighted by atomic mass is 9.44. The molecule has 1 heterocycles. The normalized spacial score (nSPS) is 43.2. The predicted octanol–water partition coefficient (Wildman–Crippen LogP) is 3.16. The number of hydrogen-bond acceptors (Lipinski definition) is 7. The molecule has 1 aromatic rings. The fourth-order valence-corrected chi connectivity index (χ4v) is 7.95. The van der Waals surface area contributed by atoms with Crippen molar-refractivity contribution < 1.29 is 33.7 Å². The van der Waals surface area contributed by atoms with Gasteiger partial charge in [-0.1, -0.05) is 25.5 Å². The predicted molar refractivity (Wildman–Crippen MR) is 127 cm³/mol. The number of carbonyl (C=O) groups is 3. The summed E-state index contributed by atoms with van der Waals surface area (Å²) in [6.07, 6.45) is 6.98. The van der Waals surface area contributed by atoms with Gasteiger partial charge in [-0.3, -0.25) is 14.6 Å². The number of pyridine rings is 1. The van der Waals surface area contributed by atoms with Crippen LogP contribution >= 0.6 is 0 Å². The van der Waals surface area contributed by atoms with Crippen molar-refractivity contribution in [3.8, 4) is 0 Å². The van der Waals surface area contributed by atoms with Gasteiger partial charge in [0.25, 0.3) is 0 Å². The SMILES string of the molecule is C[C@@H]1C[C@H]2[C@@H]3CCC4=CC(=O)C=C[C@]4(C)[C@@]3(F)[C@@H](O)C[C@]2(C)[C@@]1(O)C(=O)COC(=O)c1cccnc1. The van der Waals surface area contributed by atoms with Crippen LogP contribution in [0.25, 0.3) is 0 Å². The molecule has 8 heteroatoms. The van der Waals surface area contributed by atoms with Crippen molar-refractivity contribution in [3.05, 3.63) is 53.9 Å². The van der Waals surface area contributed by atoms with Crippen LogP contribution in [0.3, 0.4) is 0 Å². The first-order chi connectivity index (χ1) is 16.9. The topological polar surface area (TPSA) is 114 Å². The largest absolute Gasteiger partial charge is 0.454 e. The number of halogens is 1. The Hall–Kier alpha value is -2.71. The standard InChI is InChI=1S/C28H32FNO6/c1-16-11-21-20-7-6-18-12-19(31)8-9-25(18,2)27(20,29)22(32)13-26(21,3)28(16,35)23(33)15-36-24(34)17-5-4-10-30-14-17/h4-5,8-10,12,14,16,20-22,32,35H,6-7,11,13,15H2,1-3H3/t16-,20+,21+,22+,25+,26+,27+,28+/m1/s1. The number of esters is 1. The molecule has 3 fully saturated rings. The van der Waals surface area contributed by atoms with Gasteiger partial charge in [0.05, 0.1) is 11.7 Å². The summed E-state index contributed by atoms with van der Waals surface area (Å²) in [5.41, 5.74) is -5.33. The third-order valence-electron chi connectivity index (χ3n) is 9.88. The van der Waals surface area contributed by atoms with Crippen molar-refractivity contribution >= 4 is 17.5 Å². The Bertz CT molecular complexity index is 1180. The van der Waals surface area contributed by atoms with Gasteiger partial charge in [0.2, 0.25) is 5.78 Å². The van der Waals surface area contributed by atoms with Crippen LogP contribution in [0.2, 0.25) is 0 Å². The van der Waals surface area contributed by atoms with Gasteiger partial charge in [0.15, 0.2) is 18.1 Å². The Morgan fingerprint density at radius 1 is 1.28 bits per heavy atom. The van der Waals surface area contributed by atoms with Crippen LogP contribution in [0.1, 0.15) is 56.8 Å². The highest BCUT2D eigenvalue weighted by Gasteiger charge is 2.75. The number of rotatable bonds is 4. The lowest BCUT2D eigenvalue weighted by Gasteiger charge is -2.62. The average molecular weight is 498 g/mol. The van der Waals surface area contributed by atoms with Crippen molar-refractivity contribution in [2.45, 2.75) is 63.8 Å². The minimum Gasteiger partial charge on any atom is -0.454 e. The Labute approximate surface area is 209 Å². The highest BCUT2D eigenvalue weighted by Crippen LogP contribution is 2.70. The smallest absolute Gasteiger partial charge is 0.340 e. The van der Waals surface area contributed by atoms with Crippen LogP contribution in [-0.2, 0) is 14.3 Å². The molecule has 7 nitrogen and oxygen atoms in total. The fraction of sp³-hybridized carbons (Fsp3) is 0.571. The van der Waals surface area contributed by atoms with Gasteiger partial charge >= 0.3 is 5.97 Å². The number of Topliss-reactive ketones (excluding diaryl/α,β-unsaturated/α-hetero) is 1. The molecule has 3 saturated carbocycles. The van der Waals surface area contributed by atoms with E-state index in [4.69, 9.17) is 4.74 Å². The summed E-state index contributed by atoms with van der Waals surface area (Å²) in [6, 6.07) is 3.09. The van der Waals surface area contributed by atoms with Gasteiger partial charge in [0.1, 0.15) is 5.60 Å². The van der Waals surface area contributed by atoms with Gasteiger partial charge in [0, 0.05) is 29.1 Å². The summed E-state index contributed by atoms with van der Waals surface area (Å²) in [4.78, 5) is 41.7. The molecular weight excluding hydrogens is 465 g/mol. The maximum atomic E-state index is 17.2. The van der Waals surface area contributed by atoms with E-state index in [1.54, 1.807) is 32.9 Å². The third-order valence-corrected chi connectivity index (χ3v) is 9.88. The second-order valence-electron chi connectivity index (χ2n) is 11.4. The van der Waals surface area contributed by atoms with E-state index in [-0.39, 0.29) is 23.7 Å². The molecule has 4 aliphatic carbocycles. The first kappa shape index (κ1) is 25.0. The van der Waals surface area contributed by atoms with E-state index in [9.17, 15) is 24.6 Å². The molecule has 0 aromatic carbocycles. The number of ketones is 2. The van der Waals surface area contributed by atoms with Gasteiger partial charge in [-0.2, -0.15) is 0 Å². The van der Waals surface area contributed by atoms with Gasteiger partial charge < -0.3 is 14.9 Å². The molecule has 192 valence electrons. The van der Waals surface area contributed by atoms with Gasteiger partial charge in [-0.25, -0.2) is 9.18 Å². The number of aliphatic hydroxyl groups excluding tert-OH is 1. The minimum atomic E-state index is -2.04. The number of aromatic nitrogens is 1. The Morgan fingerprint density at radius 2 is 2.03 bits per heavy atom. The molecule has 36 heavy (non-hydrogen) atoms. The summed E-state index contributed by atoms with van der Waals surface area (Å²) in [5.74, 6) is -3.09. The fourth-order valence-electron chi connectivity index (χ4n) is 7.95. The number of hydrogen-bond donors (Lipinski definition) is 2. The molecule has 0 aliphatic heterocycles. The average Bonchev–Trinajstić information content (AvgIpc) is 3.05. The van der Waals surface area contributed by atoms with E-state index in [2.05, 4.69) is 4.98 Å². The van der Waals surface area contributed by atoms with E-state index in [1.165, 1.54) is 30.6 Å². The summed E-state index contributed by atoms with van der Waals surface area (Å²) >= 11 is 0. The van der Waals surface area contributed by atoms with Crippen molar-refractivity contribution in [1.29, 1.82) is 0 Å². The lowest BCUT2D eigenvalue weighted by molar-refractivity contribution is -0.219. The number of aliphatic hydroxyl groups is 2. The molecule has 4 aliphatic rings. The van der Waals surface area contributed by atoms with Crippen LogP contribution in [0, 0.1) is 28.6 Å². The summed E-state index contributed by atoms with van der Waals surface area (Å²) in [7, 11) is 0. The zero-order valence-electron chi connectivity index (χ0n) is 20.7. The highest BCUT2D eigenvalue weighted by molar-refractivity contribution is 6.01. The second kappa shape index (κ2) is 8.15. The Morgan fingerprint density at radius 3 is 2.72 bits per heavy atom. The third kappa shape index (κ3) is 3.10. The molecule has 0 spiro atoms. The van der Waals surface area contributed by atoms with Crippen molar-refractivity contribution in [3.63, 3.8) is 0 Å². The number of nitrogens with zero attached hydrogens (tertiary/aromatic N) is 1. The zero-order chi connectivity index (χ0) is 26.1. The number of allylic oxidation sites excluding steroid dienone is 4. The van der Waals surface area contributed by atoms with Crippen molar-refractivity contribution in [1.82, 2.24) is 4.98 Å². The van der Waals surface area contributed by atoms with Gasteiger partial charge in [-0.05, 0) is 68.7 Å². The maximum Gasteiger partial charge on any atom is 0.340 e. The van der Waals surface area contributed by atoms with Crippen LogP contribution < -0.4 is 0 Å². The monoisotopic (exact) mass is 497 g/mol. The second-order valence-corrected chi connectivity index (χ2v) is 11.4. The van der Waals surface area contributed by atoms with Crippen molar-refractivity contribution in [2.75, 3.05) is 6.61 Å². The van der Waals surface area contributed by atoms with Crippen LogP contribution in [-0.4, -0.2) is 56.7 Å². The number of carbonyl (C=O) groups excluding carboxylic acids is 3. The van der Waals surface area contributed by atoms with E-state index >= 15 is 4.39 Å². The number of ether oxygens (including phenoxy) is 1. The van der Waals surface area contributed by atoms with Crippen LogP contribution in [0.5, 0.6) is 0 Å². The van der Waals surface area contributed by atoms with Crippen LogP contribution in [0.15, 0.2) is 48.3 Å². The van der Waals surface area contributed by atoms with E-state index in [0.29, 0.717) is 24.8 Å². The summed E-state index contributed by atoms with van der Waals surface area (Å²) in [5, 5.41) is 23.3. The first-order valence-electron chi connectivity index (χ1n) is 12.5. The molecular formula is C28H32FNO6. The molecule has 0 amide bonds. The summed E-state index contributed by atoms with van der Waals surface area (Å²) < 4.78 is 22.4. The molecule has 0 radical (unpaired) electrons. The first-order valence-corrected chi connectivity index (χ1v) is 12.5. The molecule has 1 aromatic heterocycles. The van der Waals surface area contributed by atoms with Crippen LogP contribution in [0.4, 0.5) is 4.39 Å².